The molecule has 32 heavy (non-hydrogen) atoms. The summed E-state index contributed by atoms with van der Waals surface area (Å²) < 4.78 is 5.68. The lowest BCUT2D eigenvalue weighted by Crippen LogP contribution is -2.55. The number of hydrazine groups is 1. The number of carbonyl (C=O) groups is 3. The fourth-order valence-electron chi connectivity index (χ4n) is 3.18. The Bertz CT molecular complexity index is 969. The minimum atomic E-state index is -0.812. The normalized spacial score (nSPS) is 11.8. The van der Waals surface area contributed by atoms with E-state index in [0.717, 1.165) is 16.7 Å². The van der Waals surface area contributed by atoms with Crippen LogP contribution in [0.15, 0.2) is 42.5 Å². The van der Waals surface area contributed by atoms with Crippen molar-refractivity contribution < 1.29 is 19.1 Å². The van der Waals surface area contributed by atoms with Gasteiger partial charge in [0.1, 0.15) is 11.8 Å². The van der Waals surface area contributed by atoms with E-state index in [1.165, 1.54) is 0 Å². The van der Waals surface area contributed by atoms with Crippen molar-refractivity contribution in [2.75, 3.05) is 6.61 Å². The van der Waals surface area contributed by atoms with Crippen LogP contribution >= 0.6 is 0 Å². The number of aryl methyl sites for hydroxylation is 2. The minimum absolute atomic E-state index is 0.183. The van der Waals surface area contributed by atoms with E-state index in [1.54, 1.807) is 18.2 Å². The Morgan fingerprint density at radius 3 is 2.22 bits per heavy atom. The zero-order chi connectivity index (χ0) is 23.8. The van der Waals surface area contributed by atoms with E-state index in [0.29, 0.717) is 11.3 Å². The molecule has 0 unspecified atom stereocenters. The lowest BCUT2D eigenvalue weighted by atomic mass is 10.0. The summed E-state index contributed by atoms with van der Waals surface area (Å²) in [5.41, 5.74) is 8.20. The first-order valence-electron chi connectivity index (χ1n) is 10.8. The number of amides is 3. The SMILES string of the molecule is Cc1cccc(C(=O)N[C@H](C(=O)NNC(=O)COc2cc(C)ccc2C(C)C)C(C)C)c1. The molecule has 3 N–H and O–H groups in total. The van der Waals surface area contributed by atoms with Gasteiger partial charge in [0.25, 0.3) is 17.7 Å². The summed E-state index contributed by atoms with van der Waals surface area (Å²) in [4.78, 5) is 37.4. The third-order valence-electron chi connectivity index (χ3n) is 4.99. The molecule has 3 amide bonds. The van der Waals surface area contributed by atoms with E-state index in [-0.39, 0.29) is 24.3 Å². The Balaban J connectivity index is 1.92. The summed E-state index contributed by atoms with van der Waals surface area (Å²) in [6.45, 7) is 11.3. The van der Waals surface area contributed by atoms with Crippen LogP contribution in [0.25, 0.3) is 0 Å². The monoisotopic (exact) mass is 439 g/mol. The van der Waals surface area contributed by atoms with Crippen LogP contribution in [0.5, 0.6) is 5.75 Å². The number of hydrogen-bond acceptors (Lipinski definition) is 4. The van der Waals surface area contributed by atoms with Gasteiger partial charge in [0.2, 0.25) is 0 Å². The van der Waals surface area contributed by atoms with Crippen molar-refractivity contribution in [1.29, 1.82) is 0 Å². The molecule has 0 aliphatic heterocycles. The maximum Gasteiger partial charge on any atom is 0.276 e. The zero-order valence-corrected chi connectivity index (χ0v) is 19.6. The van der Waals surface area contributed by atoms with Gasteiger partial charge in [0, 0.05) is 5.56 Å². The van der Waals surface area contributed by atoms with Crippen LogP contribution in [0.2, 0.25) is 0 Å². The van der Waals surface area contributed by atoms with Crippen LogP contribution in [0, 0.1) is 19.8 Å². The zero-order valence-electron chi connectivity index (χ0n) is 19.6. The van der Waals surface area contributed by atoms with Gasteiger partial charge in [0.15, 0.2) is 6.61 Å². The van der Waals surface area contributed by atoms with E-state index in [9.17, 15) is 14.4 Å². The van der Waals surface area contributed by atoms with E-state index >= 15 is 0 Å². The number of benzene rings is 2. The summed E-state index contributed by atoms with van der Waals surface area (Å²) in [7, 11) is 0. The van der Waals surface area contributed by atoms with Crippen LogP contribution in [0.3, 0.4) is 0 Å². The number of hydrogen-bond donors (Lipinski definition) is 3. The molecule has 2 aromatic rings. The van der Waals surface area contributed by atoms with E-state index in [1.807, 2.05) is 52.0 Å². The first-order chi connectivity index (χ1) is 15.1. The Morgan fingerprint density at radius 1 is 0.906 bits per heavy atom. The van der Waals surface area contributed by atoms with Crippen LogP contribution in [0.4, 0.5) is 0 Å². The lowest BCUT2D eigenvalue weighted by Gasteiger charge is -2.22. The average Bonchev–Trinajstić information content (AvgIpc) is 2.73. The van der Waals surface area contributed by atoms with E-state index < -0.39 is 17.9 Å². The third kappa shape index (κ3) is 7.11. The van der Waals surface area contributed by atoms with Gasteiger partial charge in [-0.3, -0.25) is 25.2 Å². The molecular weight excluding hydrogens is 406 g/mol. The van der Waals surface area contributed by atoms with Crippen molar-refractivity contribution in [1.82, 2.24) is 16.2 Å². The standard InChI is InChI=1S/C25H33N3O4/c1-15(2)20-11-10-18(6)13-21(20)32-14-22(29)27-28-25(31)23(16(3)4)26-24(30)19-9-7-8-17(5)12-19/h7-13,15-16,23H,14H2,1-6H3,(H,26,30)(H,27,29)(H,28,31)/t23-/m0/s1. The van der Waals surface area contributed by atoms with Gasteiger partial charge in [-0.15, -0.1) is 0 Å². The summed E-state index contributed by atoms with van der Waals surface area (Å²) in [5.74, 6) is -0.644. The lowest BCUT2D eigenvalue weighted by molar-refractivity contribution is -0.131. The van der Waals surface area contributed by atoms with Crippen LogP contribution in [0.1, 0.15) is 60.7 Å². The molecule has 0 heterocycles. The summed E-state index contributed by atoms with van der Waals surface area (Å²) >= 11 is 0. The minimum Gasteiger partial charge on any atom is -0.483 e. The van der Waals surface area contributed by atoms with Gasteiger partial charge in [-0.2, -0.15) is 0 Å². The smallest absolute Gasteiger partial charge is 0.276 e. The molecule has 1 atom stereocenters. The fourth-order valence-corrected chi connectivity index (χ4v) is 3.18. The first-order valence-corrected chi connectivity index (χ1v) is 10.8. The molecule has 0 saturated carbocycles. The first kappa shape index (κ1) is 24.9. The second-order valence-corrected chi connectivity index (χ2v) is 8.59. The molecule has 0 radical (unpaired) electrons. The molecule has 7 nitrogen and oxygen atoms in total. The molecule has 172 valence electrons. The maximum atomic E-state index is 12.6. The van der Waals surface area contributed by atoms with Gasteiger partial charge in [-0.05, 0) is 55.0 Å². The largest absolute Gasteiger partial charge is 0.483 e. The van der Waals surface area contributed by atoms with Crippen LogP contribution in [-0.4, -0.2) is 30.4 Å². The van der Waals surface area contributed by atoms with Gasteiger partial charge in [-0.25, -0.2) is 0 Å². The highest BCUT2D eigenvalue weighted by atomic mass is 16.5. The number of carbonyl (C=O) groups excluding carboxylic acids is 3. The predicted octanol–water partition coefficient (Wildman–Crippen LogP) is 3.41. The highest BCUT2D eigenvalue weighted by Crippen LogP contribution is 2.27. The van der Waals surface area contributed by atoms with Crippen molar-refractivity contribution in [2.45, 2.75) is 53.5 Å². The molecule has 0 aliphatic carbocycles. The molecule has 2 aromatic carbocycles. The topological polar surface area (TPSA) is 96.5 Å². The van der Waals surface area contributed by atoms with Crippen molar-refractivity contribution in [3.8, 4) is 5.75 Å². The maximum absolute atomic E-state index is 12.6. The van der Waals surface area contributed by atoms with Crippen LogP contribution in [-0.2, 0) is 9.59 Å². The highest BCUT2D eigenvalue weighted by molar-refractivity contribution is 5.98. The van der Waals surface area contributed by atoms with E-state index in [2.05, 4.69) is 30.0 Å². The second-order valence-electron chi connectivity index (χ2n) is 8.59. The molecule has 7 heteroatoms. The van der Waals surface area contributed by atoms with Crippen LogP contribution < -0.4 is 20.9 Å². The number of nitrogens with one attached hydrogen (secondary N) is 3. The fraction of sp³-hybridized carbons (Fsp3) is 0.400. The average molecular weight is 440 g/mol. The molecule has 2 rings (SSSR count). The summed E-state index contributed by atoms with van der Waals surface area (Å²) in [6, 6.07) is 12.2. The highest BCUT2D eigenvalue weighted by Gasteiger charge is 2.25. The van der Waals surface area contributed by atoms with Crippen molar-refractivity contribution in [3.63, 3.8) is 0 Å². The Labute approximate surface area is 189 Å². The Morgan fingerprint density at radius 2 is 1.59 bits per heavy atom. The van der Waals surface area contributed by atoms with Gasteiger partial charge in [-0.1, -0.05) is 57.5 Å². The predicted molar refractivity (Wildman–Crippen MR) is 124 cm³/mol. The van der Waals surface area contributed by atoms with Crippen molar-refractivity contribution in [3.05, 3.63) is 64.7 Å². The quantitative estimate of drug-likeness (QED) is 0.549. The second kappa shape index (κ2) is 11.3. The van der Waals surface area contributed by atoms with Gasteiger partial charge < -0.3 is 10.1 Å². The summed E-state index contributed by atoms with van der Waals surface area (Å²) in [5, 5.41) is 2.73. The molecule has 0 fully saturated rings. The summed E-state index contributed by atoms with van der Waals surface area (Å²) in [6.07, 6.45) is 0. The number of ether oxygens (including phenoxy) is 1. The van der Waals surface area contributed by atoms with Crippen molar-refractivity contribution in [2.24, 2.45) is 5.92 Å². The third-order valence-corrected chi connectivity index (χ3v) is 4.99. The van der Waals surface area contributed by atoms with Crippen molar-refractivity contribution >= 4 is 17.7 Å². The van der Waals surface area contributed by atoms with Gasteiger partial charge >= 0.3 is 0 Å². The molecule has 0 spiro atoms. The number of rotatable bonds is 8. The molecule has 0 aromatic heterocycles. The molecule has 0 aliphatic rings. The molecule has 0 bridgehead atoms. The Hall–Kier alpha value is -3.35. The van der Waals surface area contributed by atoms with E-state index in [4.69, 9.17) is 4.74 Å². The molecule has 0 saturated heterocycles. The molecular formula is C25H33N3O4. The van der Waals surface area contributed by atoms with Gasteiger partial charge in [0.05, 0.1) is 0 Å². The Kier molecular flexibility index (Phi) is 8.81.